The fourth-order valence-electron chi connectivity index (χ4n) is 2.13. The molecular weight excluding hydrogens is 317 g/mol. The Morgan fingerprint density at radius 1 is 1.33 bits per heavy atom. The Labute approximate surface area is 127 Å². The lowest BCUT2D eigenvalue weighted by Crippen LogP contribution is -2.05. The minimum absolute atomic E-state index is 0.0766. The Morgan fingerprint density at radius 3 is 2.76 bits per heavy atom. The van der Waals surface area contributed by atoms with Crippen LogP contribution in [0.5, 0.6) is 0 Å². The van der Waals surface area contributed by atoms with Gasteiger partial charge in [0, 0.05) is 40.9 Å². The molecule has 0 fully saturated rings. The quantitative estimate of drug-likeness (QED) is 0.575. The van der Waals surface area contributed by atoms with Gasteiger partial charge >= 0.3 is 0 Å². The van der Waals surface area contributed by atoms with E-state index in [0.717, 1.165) is 12.8 Å². The number of unbranched alkanes of at least 4 members (excludes halogenated alkanes) is 1. The first-order valence-electron chi connectivity index (χ1n) is 6.74. The van der Waals surface area contributed by atoms with Crippen molar-refractivity contribution in [2.75, 3.05) is 13.2 Å². The van der Waals surface area contributed by atoms with E-state index < -0.39 is 14.9 Å². The van der Waals surface area contributed by atoms with Crippen molar-refractivity contribution in [1.29, 1.82) is 0 Å². The average molecular weight is 334 g/mol. The molecule has 0 saturated heterocycles. The van der Waals surface area contributed by atoms with Crippen LogP contribution < -0.4 is 0 Å². The van der Waals surface area contributed by atoms with Crippen molar-refractivity contribution < 1.29 is 17.5 Å². The number of ether oxygens (including phenoxy) is 1. The third-order valence-electron chi connectivity index (χ3n) is 3.19. The summed E-state index contributed by atoms with van der Waals surface area (Å²) >= 11 is 0. The third kappa shape index (κ3) is 3.96. The Balaban J connectivity index is 2.28. The molecule has 0 aliphatic heterocycles. The van der Waals surface area contributed by atoms with Crippen molar-refractivity contribution in [2.45, 2.75) is 31.2 Å². The van der Waals surface area contributed by atoms with Crippen LogP contribution in [0.3, 0.4) is 0 Å². The second-order valence-corrected chi connectivity index (χ2v) is 7.29. The zero-order chi connectivity index (χ0) is 15.5. The molecule has 0 radical (unpaired) electrons. The van der Waals surface area contributed by atoms with Crippen LogP contribution in [-0.4, -0.2) is 26.2 Å². The molecule has 0 atom stereocenters. The van der Waals surface area contributed by atoms with E-state index in [4.69, 9.17) is 15.4 Å². The van der Waals surface area contributed by atoms with E-state index in [1.54, 1.807) is 10.6 Å². The average Bonchev–Trinajstić information content (AvgIpc) is 2.76. The maximum atomic E-state index is 13.3. The summed E-state index contributed by atoms with van der Waals surface area (Å²) in [5.41, 5.74) is 0.620. The Bertz CT molecular complexity index is 727. The summed E-state index contributed by atoms with van der Waals surface area (Å²) < 4.78 is 43.7. The van der Waals surface area contributed by atoms with Gasteiger partial charge in [-0.3, -0.25) is 0 Å². The fraction of sp³-hybridized carbons (Fsp3) is 0.429. The van der Waals surface area contributed by atoms with Gasteiger partial charge in [0.1, 0.15) is 10.7 Å². The fourth-order valence-corrected chi connectivity index (χ4v) is 3.18. The van der Waals surface area contributed by atoms with Crippen LogP contribution in [-0.2, 0) is 20.3 Å². The Kier molecular flexibility index (Phi) is 5.24. The van der Waals surface area contributed by atoms with Gasteiger partial charge in [-0.2, -0.15) is 0 Å². The van der Waals surface area contributed by atoms with Gasteiger partial charge in [0.15, 0.2) is 0 Å². The smallest absolute Gasteiger partial charge is 0.263 e. The number of benzene rings is 1. The highest BCUT2D eigenvalue weighted by Crippen LogP contribution is 2.28. The predicted octanol–water partition coefficient (Wildman–Crippen LogP) is 3.52. The van der Waals surface area contributed by atoms with Gasteiger partial charge in [-0.25, -0.2) is 12.8 Å². The van der Waals surface area contributed by atoms with Crippen molar-refractivity contribution >= 4 is 30.6 Å². The summed E-state index contributed by atoms with van der Waals surface area (Å²) in [5.74, 6) is -0.499. The van der Waals surface area contributed by atoms with E-state index in [1.165, 1.54) is 18.3 Å². The number of hydrogen-bond acceptors (Lipinski definition) is 3. The van der Waals surface area contributed by atoms with Crippen molar-refractivity contribution in [3.63, 3.8) is 0 Å². The van der Waals surface area contributed by atoms with Crippen LogP contribution >= 0.6 is 10.7 Å². The first-order valence-corrected chi connectivity index (χ1v) is 9.05. The molecule has 0 saturated carbocycles. The maximum absolute atomic E-state index is 13.3. The normalized spacial score (nSPS) is 12.1. The molecule has 0 spiro atoms. The second kappa shape index (κ2) is 6.77. The number of halogens is 2. The molecule has 0 aliphatic rings. The van der Waals surface area contributed by atoms with Crippen LogP contribution in [0.2, 0.25) is 0 Å². The lowest BCUT2D eigenvalue weighted by molar-refractivity contribution is 0.124. The van der Waals surface area contributed by atoms with Crippen LogP contribution in [0.15, 0.2) is 29.3 Å². The molecule has 21 heavy (non-hydrogen) atoms. The zero-order valence-corrected chi connectivity index (χ0v) is 13.3. The Morgan fingerprint density at radius 2 is 2.10 bits per heavy atom. The van der Waals surface area contributed by atoms with Crippen molar-refractivity contribution in [2.24, 2.45) is 0 Å². The van der Waals surface area contributed by atoms with E-state index in [9.17, 15) is 12.8 Å². The highest BCUT2D eigenvalue weighted by atomic mass is 35.7. The SMILES string of the molecule is CCCCOCCn1cc(S(=O)(=O)Cl)c2cc(F)ccc21. The molecule has 2 aromatic rings. The highest BCUT2D eigenvalue weighted by molar-refractivity contribution is 8.14. The van der Waals surface area contributed by atoms with Gasteiger partial charge < -0.3 is 9.30 Å². The van der Waals surface area contributed by atoms with Gasteiger partial charge in [0.2, 0.25) is 0 Å². The molecule has 2 rings (SSSR count). The number of aromatic nitrogens is 1. The van der Waals surface area contributed by atoms with Crippen LogP contribution in [0, 0.1) is 5.82 Å². The topological polar surface area (TPSA) is 48.3 Å². The molecule has 1 aromatic carbocycles. The summed E-state index contributed by atoms with van der Waals surface area (Å²) in [7, 11) is 1.49. The van der Waals surface area contributed by atoms with E-state index in [-0.39, 0.29) is 4.90 Å². The molecule has 1 heterocycles. The second-order valence-electron chi connectivity index (χ2n) is 4.75. The van der Waals surface area contributed by atoms with E-state index in [2.05, 4.69) is 6.92 Å². The summed E-state index contributed by atoms with van der Waals surface area (Å²) in [6, 6.07) is 4.02. The molecule has 0 unspecified atom stereocenters. The minimum Gasteiger partial charge on any atom is -0.380 e. The van der Waals surface area contributed by atoms with Crippen molar-refractivity contribution in [3.05, 3.63) is 30.2 Å². The lowest BCUT2D eigenvalue weighted by atomic mass is 10.2. The first-order chi connectivity index (χ1) is 9.93. The lowest BCUT2D eigenvalue weighted by Gasteiger charge is -2.06. The molecule has 0 amide bonds. The van der Waals surface area contributed by atoms with Gasteiger partial charge in [-0.15, -0.1) is 0 Å². The highest BCUT2D eigenvalue weighted by Gasteiger charge is 2.19. The summed E-state index contributed by atoms with van der Waals surface area (Å²) in [6.45, 7) is 3.70. The van der Waals surface area contributed by atoms with Gasteiger partial charge in [0.25, 0.3) is 9.05 Å². The number of nitrogens with zero attached hydrogens (tertiary/aromatic N) is 1. The number of rotatable bonds is 7. The predicted molar refractivity (Wildman–Crippen MR) is 80.7 cm³/mol. The molecule has 0 N–H and O–H groups in total. The molecule has 0 bridgehead atoms. The Hall–Kier alpha value is -1.11. The van der Waals surface area contributed by atoms with Crippen LogP contribution in [0.1, 0.15) is 19.8 Å². The van der Waals surface area contributed by atoms with E-state index in [1.807, 2.05) is 0 Å². The van der Waals surface area contributed by atoms with Gasteiger partial charge in [-0.1, -0.05) is 13.3 Å². The zero-order valence-electron chi connectivity index (χ0n) is 11.7. The standard InChI is InChI=1S/C14H17ClFNO3S/c1-2-3-7-20-8-6-17-10-14(21(15,18)19)12-9-11(16)4-5-13(12)17/h4-5,9-10H,2-3,6-8H2,1H3. The molecule has 116 valence electrons. The largest absolute Gasteiger partial charge is 0.380 e. The van der Waals surface area contributed by atoms with Gasteiger partial charge in [-0.05, 0) is 24.6 Å². The minimum atomic E-state index is -3.92. The summed E-state index contributed by atoms with van der Waals surface area (Å²) in [5, 5.41) is 0.290. The number of hydrogen-bond donors (Lipinski definition) is 0. The van der Waals surface area contributed by atoms with E-state index >= 15 is 0 Å². The van der Waals surface area contributed by atoms with Crippen molar-refractivity contribution in [1.82, 2.24) is 4.57 Å². The molecule has 1 aromatic heterocycles. The monoisotopic (exact) mass is 333 g/mol. The van der Waals surface area contributed by atoms with Gasteiger partial charge in [0.05, 0.1) is 6.61 Å². The first kappa shape index (κ1) is 16.3. The number of fused-ring (bicyclic) bond motifs is 1. The molecule has 7 heteroatoms. The third-order valence-corrected chi connectivity index (χ3v) is 4.54. The van der Waals surface area contributed by atoms with Crippen LogP contribution in [0.25, 0.3) is 10.9 Å². The van der Waals surface area contributed by atoms with Crippen LogP contribution in [0.4, 0.5) is 4.39 Å². The maximum Gasteiger partial charge on any atom is 0.263 e. The molecular formula is C14H17ClFNO3S. The van der Waals surface area contributed by atoms with Crippen molar-refractivity contribution in [3.8, 4) is 0 Å². The summed E-state index contributed by atoms with van der Waals surface area (Å²) in [6.07, 6.45) is 3.47. The molecule has 4 nitrogen and oxygen atoms in total. The molecule has 0 aliphatic carbocycles. The summed E-state index contributed by atoms with van der Waals surface area (Å²) in [4.78, 5) is -0.0766. The van der Waals surface area contributed by atoms with E-state index in [0.29, 0.717) is 30.7 Å².